The third kappa shape index (κ3) is 2.48. The van der Waals surface area contributed by atoms with Crippen molar-refractivity contribution in [3.8, 4) is 11.3 Å². The van der Waals surface area contributed by atoms with Crippen LogP contribution in [-0.2, 0) is 0 Å². The third-order valence-electron chi connectivity index (χ3n) is 3.79. The number of pyridine rings is 2. The molecule has 1 saturated heterocycles. The molecule has 0 aromatic carbocycles. The van der Waals surface area contributed by atoms with Crippen LogP contribution in [0.2, 0.25) is 0 Å². The molecular weight excluding hydrogens is 276 g/mol. The van der Waals surface area contributed by atoms with Crippen LogP contribution in [0, 0.1) is 0 Å². The van der Waals surface area contributed by atoms with Gasteiger partial charge in [-0.3, -0.25) is 9.97 Å². The van der Waals surface area contributed by atoms with Gasteiger partial charge >= 0.3 is 0 Å². The number of piperazine rings is 1. The SMILES string of the molecule is c1cnc2cc(-c3ccnc(N4CCNCC4)n3)cnc2c1. The minimum atomic E-state index is 0.778. The van der Waals surface area contributed by atoms with E-state index in [0.29, 0.717) is 0 Å². The van der Waals surface area contributed by atoms with Crippen molar-refractivity contribution < 1.29 is 0 Å². The normalized spacial score (nSPS) is 15.2. The molecule has 3 aromatic rings. The summed E-state index contributed by atoms with van der Waals surface area (Å²) in [4.78, 5) is 20.1. The summed E-state index contributed by atoms with van der Waals surface area (Å²) >= 11 is 0. The molecule has 0 bridgehead atoms. The number of hydrogen-bond acceptors (Lipinski definition) is 6. The molecule has 1 aliphatic rings. The molecule has 0 spiro atoms. The topological polar surface area (TPSA) is 66.8 Å². The Morgan fingerprint density at radius 2 is 1.86 bits per heavy atom. The second kappa shape index (κ2) is 5.65. The van der Waals surface area contributed by atoms with E-state index < -0.39 is 0 Å². The molecule has 0 amide bonds. The lowest BCUT2D eigenvalue weighted by Crippen LogP contribution is -2.44. The number of aromatic nitrogens is 4. The van der Waals surface area contributed by atoms with E-state index in [-0.39, 0.29) is 0 Å². The van der Waals surface area contributed by atoms with Gasteiger partial charge in [0.2, 0.25) is 5.95 Å². The highest BCUT2D eigenvalue weighted by molar-refractivity contribution is 5.79. The van der Waals surface area contributed by atoms with E-state index >= 15 is 0 Å². The van der Waals surface area contributed by atoms with E-state index in [1.54, 1.807) is 6.20 Å². The standard InChI is InChI=1S/C16H16N6/c1-2-14-15(18-4-1)10-12(11-20-14)13-3-5-19-16(21-13)22-8-6-17-7-9-22/h1-5,10-11,17H,6-9H2. The molecule has 0 unspecified atom stereocenters. The number of nitrogens with one attached hydrogen (secondary N) is 1. The van der Waals surface area contributed by atoms with Crippen LogP contribution < -0.4 is 10.2 Å². The highest BCUT2D eigenvalue weighted by atomic mass is 15.3. The molecule has 1 N–H and O–H groups in total. The Bertz CT molecular complexity index is 797. The highest BCUT2D eigenvalue weighted by Crippen LogP contribution is 2.21. The molecule has 3 aromatic heterocycles. The van der Waals surface area contributed by atoms with Gasteiger partial charge in [-0.15, -0.1) is 0 Å². The van der Waals surface area contributed by atoms with Crippen molar-refractivity contribution in [3.63, 3.8) is 0 Å². The van der Waals surface area contributed by atoms with Gasteiger partial charge in [0.05, 0.1) is 16.7 Å². The average molecular weight is 292 g/mol. The summed E-state index contributed by atoms with van der Waals surface area (Å²) in [6.07, 6.45) is 5.43. The van der Waals surface area contributed by atoms with E-state index in [1.165, 1.54) is 0 Å². The smallest absolute Gasteiger partial charge is 0.225 e. The Morgan fingerprint density at radius 1 is 0.955 bits per heavy atom. The van der Waals surface area contributed by atoms with Crippen molar-refractivity contribution in [3.05, 3.63) is 42.9 Å². The summed E-state index contributed by atoms with van der Waals surface area (Å²) in [7, 11) is 0. The predicted octanol–water partition coefficient (Wildman–Crippen LogP) is 1.50. The van der Waals surface area contributed by atoms with E-state index in [2.05, 4.69) is 25.2 Å². The van der Waals surface area contributed by atoms with Gasteiger partial charge in [-0.25, -0.2) is 9.97 Å². The van der Waals surface area contributed by atoms with Gasteiger partial charge in [-0.2, -0.15) is 0 Å². The first kappa shape index (κ1) is 13.1. The van der Waals surface area contributed by atoms with Crippen LogP contribution in [0.25, 0.3) is 22.3 Å². The number of hydrogen-bond donors (Lipinski definition) is 1. The van der Waals surface area contributed by atoms with Gasteiger partial charge in [0.15, 0.2) is 0 Å². The number of anilines is 1. The Balaban J connectivity index is 1.71. The van der Waals surface area contributed by atoms with Crippen molar-refractivity contribution in [1.82, 2.24) is 25.3 Å². The number of rotatable bonds is 2. The van der Waals surface area contributed by atoms with Crippen LogP contribution in [0.15, 0.2) is 42.9 Å². The molecular formula is C16H16N6. The lowest BCUT2D eigenvalue weighted by atomic mass is 10.2. The maximum atomic E-state index is 4.69. The molecule has 0 aliphatic carbocycles. The van der Waals surface area contributed by atoms with Crippen molar-refractivity contribution in [2.75, 3.05) is 31.1 Å². The van der Waals surface area contributed by atoms with Gasteiger partial charge in [0.1, 0.15) is 0 Å². The zero-order valence-electron chi connectivity index (χ0n) is 12.1. The van der Waals surface area contributed by atoms with Gasteiger partial charge < -0.3 is 10.2 Å². The molecule has 0 saturated carbocycles. The first-order chi connectivity index (χ1) is 10.9. The molecule has 6 heteroatoms. The van der Waals surface area contributed by atoms with Gasteiger partial charge in [0, 0.05) is 50.3 Å². The van der Waals surface area contributed by atoms with Crippen LogP contribution in [0.5, 0.6) is 0 Å². The molecule has 6 nitrogen and oxygen atoms in total. The second-order valence-electron chi connectivity index (χ2n) is 5.24. The van der Waals surface area contributed by atoms with Crippen LogP contribution in [-0.4, -0.2) is 46.1 Å². The maximum Gasteiger partial charge on any atom is 0.225 e. The average Bonchev–Trinajstić information content (AvgIpc) is 2.62. The van der Waals surface area contributed by atoms with Gasteiger partial charge in [-0.1, -0.05) is 0 Å². The largest absolute Gasteiger partial charge is 0.338 e. The lowest BCUT2D eigenvalue weighted by molar-refractivity contribution is 0.580. The number of nitrogens with zero attached hydrogens (tertiary/aromatic N) is 5. The quantitative estimate of drug-likeness (QED) is 0.772. The molecule has 22 heavy (non-hydrogen) atoms. The minimum absolute atomic E-state index is 0.778. The molecule has 110 valence electrons. The van der Waals surface area contributed by atoms with Gasteiger partial charge in [-0.05, 0) is 24.3 Å². The Labute approximate surface area is 128 Å². The second-order valence-corrected chi connectivity index (χ2v) is 5.24. The monoisotopic (exact) mass is 292 g/mol. The van der Waals surface area contributed by atoms with Gasteiger partial charge in [0.25, 0.3) is 0 Å². The van der Waals surface area contributed by atoms with E-state index in [0.717, 1.165) is 54.4 Å². The summed E-state index contributed by atoms with van der Waals surface area (Å²) in [5.74, 6) is 0.778. The summed E-state index contributed by atoms with van der Waals surface area (Å²) in [6, 6.07) is 7.78. The summed E-state index contributed by atoms with van der Waals surface area (Å²) < 4.78 is 0. The maximum absolute atomic E-state index is 4.69. The summed E-state index contributed by atoms with van der Waals surface area (Å²) in [5, 5.41) is 3.34. The van der Waals surface area contributed by atoms with Crippen molar-refractivity contribution in [2.45, 2.75) is 0 Å². The predicted molar refractivity (Wildman–Crippen MR) is 85.6 cm³/mol. The molecule has 0 atom stereocenters. The van der Waals surface area contributed by atoms with Crippen LogP contribution in [0.4, 0.5) is 5.95 Å². The fourth-order valence-corrected chi connectivity index (χ4v) is 2.62. The first-order valence-corrected chi connectivity index (χ1v) is 7.40. The Hall–Kier alpha value is -2.60. The summed E-state index contributed by atoms with van der Waals surface area (Å²) in [5.41, 5.74) is 3.61. The van der Waals surface area contributed by atoms with Crippen LogP contribution in [0.3, 0.4) is 0 Å². The first-order valence-electron chi connectivity index (χ1n) is 7.40. The molecule has 4 rings (SSSR count). The lowest BCUT2D eigenvalue weighted by Gasteiger charge is -2.27. The van der Waals surface area contributed by atoms with Crippen molar-refractivity contribution in [2.24, 2.45) is 0 Å². The zero-order valence-corrected chi connectivity index (χ0v) is 12.1. The van der Waals surface area contributed by atoms with Crippen molar-refractivity contribution >= 4 is 17.0 Å². The zero-order chi connectivity index (χ0) is 14.8. The van der Waals surface area contributed by atoms with E-state index in [9.17, 15) is 0 Å². The molecule has 0 radical (unpaired) electrons. The molecule has 1 aliphatic heterocycles. The fourth-order valence-electron chi connectivity index (χ4n) is 2.62. The fraction of sp³-hybridized carbons (Fsp3) is 0.250. The van der Waals surface area contributed by atoms with E-state index in [4.69, 9.17) is 4.98 Å². The third-order valence-corrected chi connectivity index (χ3v) is 3.79. The Kier molecular flexibility index (Phi) is 3.36. The highest BCUT2D eigenvalue weighted by Gasteiger charge is 2.14. The summed E-state index contributed by atoms with van der Waals surface area (Å²) in [6.45, 7) is 3.80. The van der Waals surface area contributed by atoms with Crippen molar-refractivity contribution in [1.29, 1.82) is 0 Å². The van der Waals surface area contributed by atoms with Crippen LogP contribution in [0.1, 0.15) is 0 Å². The molecule has 1 fully saturated rings. The molecule has 4 heterocycles. The van der Waals surface area contributed by atoms with Crippen LogP contribution >= 0.6 is 0 Å². The minimum Gasteiger partial charge on any atom is -0.338 e. The number of fused-ring (bicyclic) bond motifs is 1. The van der Waals surface area contributed by atoms with E-state index in [1.807, 2.05) is 36.7 Å². The Morgan fingerprint density at radius 3 is 2.77 bits per heavy atom.